The van der Waals surface area contributed by atoms with Crippen molar-refractivity contribution in [3.05, 3.63) is 77.9 Å². The number of piperidine rings is 1. The van der Waals surface area contributed by atoms with Crippen LogP contribution in [0.15, 0.2) is 61.1 Å². The standard InChI is InChI=1S/C25H29N5O/c31-25(23-9-2-1-3-10-23)29-17-13-21(14-18-29)7-4-5-16-30-20-24(27-28-30)12-11-22-8-6-15-26-19-22/h1-3,6,8-12,15,19-21H,4-5,7,13-14,16-18H2/b12-11+. The first-order valence-electron chi connectivity index (χ1n) is 11.1. The van der Waals surface area contributed by atoms with E-state index in [9.17, 15) is 4.79 Å². The highest BCUT2D eigenvalue weighted by Gasteiger charge is 2.23. The van der Waals surface area contributed by atoms with Gasteiger partial charge in [0.05, 0.1) is 6.20 Å². The van der Waals surface area contributed by atoms with Crippen molar-refractivity contribution in [3.63, 3.8) is 0 Å². The van der Waals surface area contributed by atoms with E-state index in [0.29, 0.717) is 5.92 Å². The molecular formula is C25H29N5O. The quantitative estimate of drug-likeness (QED) is 0.506. The molecule has 4 rings (SSSR count). The van der Waals surface area contributed by atoms with Crippen molar-refractivity contribution in [3.8, 4) is 0 Å². The van der Waals surface area contributed by atoms with Crippen molar-refractivity contribution < 1.29 is 4.79 Å². The van der Waals surface area contributed by atoms with Gasteiger partial charge in [-0.15, -0.1) is 5.10 Å². The molecule has 0 N–H and O–H groups in total. The highest BCUT2D eigenvalue weighted by Crippen LogP contribution is 2.24. The predicted molar refractivity (Wildman–Crippen MR) is 122 cm³/mol. The molecule has 0 unspecified atom stereocenters. The number of nitrogens with zero attached hydrogens (tertiary/aromatic N) is 5. The molecule has 0 atom stereocenters. The third kappa shape index (κ3) is 6.10. The number of hydrogen-bond acceptors (Lipinski definition) is 4. The number of aryl methyl sites for hydroxylation is 1. The Bertz CT molecular complexity index is 975. The van der Waals surface area contributed by atoms with E-state index in [0.717, 1.165) is 55.7 Å². The van der Waals surface area contributed by atoms with Gasteiger partial charge in [-0.1, -0.05) is 48.4 Å². The smallest absolute Gasteiger partial charge is 0.253 e. The van der Waals surface area contributed by atoms with Crippen LogP contribution >= 0.6 is 0 Å². The van der Waals surface area contributed by atoms with Gasteiger partial charge < -0.3 is 4.90 Å². The number of pyridine rings is 1. The molecule has 1 saturated heterocycles. The van der Waals surface area contributed by atoms with Crippen LogP contribution in [0.25, 0.3) is 12.2 Å². The topological polar surface area (TPSA) is 63.9 Å². The summed E-state index contributed by atoms with van der Waals surface area (Å²) in [7, 11) is 0. The Morgan fingerprint density at radius 1 is 1.03 bits per heavy atom. The Morgan fingerprint density at radius 3 is 2.65 bits per heavy atom. The predicted octanol–water partition coefficient (Wildman–Crippen LogP) is 4.57. The van der Waals surface area contributed by atoms with E-state index < -0.39 is 0 Å². The maximum absolute atomic E-state index is 12.6. The van der Waals surface area contributed by atoms with Gasteiger partial charge in [0.2, 0.25) is 0 Å². The molecule has 0 spiro atoms. The lowest BCUT2D eigenvalue weighted by atomic mass is 9.91. The van der Waals surface area contributed by atoms with Crippen LogP contribution in [0.4, 0.5) is 0 Å². The van der Waals surface area contributed by atoms with Crippen LogP contribution in [-0.2, 0) is 6.54 Å². The molecule has 2 aromatic heterocycles. The number of hydrogen-bond donors (Lipinski definition) is 0. The molecule has 0 radical (unpaired) electrons. The molecule has 1 aliphatic rings. The van der Waals surface area contributed by atoms with Crippen LogP contribution in [0.3, 0.4) is 0 Å². The average Bonchev–Trinajstić information content (AvgIpc) is 3.29. The van der Waals surface area contributed by atoms with Crippen molar-refractivity contribution in [2.75, 3.05) is 13.1 Å². The number of carbonyl (C=O) groups is 1. The lowest BCUT2D eigenvalue weighted by molar-refractivity contribution is 0.0685. The lowest BCUT2D eigenvalue weighted by Crippen LogP contribution is -2.38. The van der Waals surface area contributed by atoms with Gasteiger partial charge >= 0.3 is 0 Å². The fourth-order valence-electron chi connectivity index (χ4n) is 4.05. The molecule has 1 amide bonds. The number of benzene rings is 1. The third-order valence-electron chi connectivity index (χ3n) is 5.86. The molecule has 3 aromatic rings. The monoisotopic (exact) mass is 415 g/mol. The second kappa shape index (κ2) is 10.7. The molecule has 1 fully saturated rings. The molecule has 1 aliphatic heterocycles. The van der Waals surface area contributed by atoms with E-state index in [2.05, 4.69) is 15.3 Å². The van der Waals surface area contributed by atoms with Gasteiger partial charge in [-0.25, -0.2) is 0 Å². The molecule has 6 heteroatoms. The summed E-state index contributed by atoms with van der Waals surface area (Å²) in [5.74, 6) is 0.882. The summed E-state index contributed by atoms with van der Waals surface area (Å²) in [5.41, 5.74) is 2.70. The van der Waals surface area contributed by atoms with Gasteiger partial charge in [-0.05, 0) is 55.0 Å². The molecule has 1 aromatic carbocycles. The van der Waals surface area contributed by atoms with Gasteiger partial charge in [0.25, 0.3) is 5.91 Å². The zero-order valence-corrected chi connectivity index (χ0v) is 17.8. The molecule has 6 nitrogen and oxygen atoms in total. The molecule has 0 aliphatic carbocycles. The van der Waals surface area contributed by atoms with Crippen molar-refractivity contribution in [2.45, 2.75) is 38.6 Å². The Kier molecular flexibility index (Phi) is 7.21. The number of aromatic nitrogens is 4. The van der Waals surface area contributed by atoms with Crippen molar-refractivity contribution in [1.29, 1.82) is 0 Å². The summed E-state index contributed by atoms with van der Waals surface area (Å²) in [6.45, 7) is 2.63. The first kappa shape index (κ1) is 21.0. The summed E-state index contributed by atoms with van der Waals surface area (Å²) in [6, 6.07) is 13.5. The SMILES string of the molecule is O=C(c1ccccc1)N1CCC(CCCCn2cc(/C=C/c3cccnc3)nn2)CC1. The zero-order chi connectivity index (χ0) is 21.3. The number of carbonyl (C=O) groups excluding carboxylic acids is 1. The largest absolute Gasteiger partial charge is 0.339 e. The van der Waals surface area contributed by atoms with Crippen LogP contribution in [0, 0.1) is 5.92 Å². The van der Waals surface area contributed by atoms with E-state index in [4.69, 9.17) is 0 Å². The summed E-state index contributed by atoms with van der Waals surface area (Å²) < 4.78 is 1.92. The lowest BCUT2D eigenvalue weighted by Gasteiger charge is -2.32. The van der Waals surface area contributed by atoms with Gasteiger partial charge in [0.1, 0.15) is 5.69 Å². The van der Waals surface area contributed by atoms with Crippen LogP contribution < -0.4 is 0 Å². The van der Waals surface area contributed by atoms with Gasteiger partial charge in [0.15, 0.2) is 0 Å². The van der Waals surface area contributed by atoms with Gasteiger partial charge in [-0.3, -0.25) is 14.5 Å². The third-order valence-corrected chi connectivity index (χ3v) is 5.86. The van der Waals surface area contributed by atoms with Crippen LogP contribution in [0.5, 0.6) is 0 Å². The Labute approximate surface area is 183 Å². The number of likely N-dealkylation sites (tertiary alicyclic amines) is 1. The number of rotatable bonds is 8. The summed E-state index contributed by atoms with van der Waals surface area (Å²) in [5, 5.41) is 8.44. The summed E-state index contributed by atoms with van der Waals surface area (Å²) >= 11 is 0. The van der Waals surface area contributed by atoms with Crippen LogP contribution in [-0.4, -0.2) is 43.9 Å². The summed E-state index contributed by atoms with van der Waals surface area (Å²) in [4.78, 5) is 18.7. The van der Waals surface area contributed by atoms with Crippen molar-refractivity contribution in [1.82, 2.24) is 24.9 Å². The van der Waals surface area contributed by atoms with Crippen molar-refractivity contribution >= 4 is 18.1 Å². The number of amides is 1. The Balaban J connectivity index is 1.14. The maximum atomic E-state index is 12.6. The maximum Gasteiger partial charge on any atom is 0.253 e. The average molecular weight is 416 g/mol. The highest BCUT2D eigenvalue weighted by atomic mass is 16.2. The van der Waals surface area contributed by atoms with Crippen molar-refractivity contribution in [2.24, 2.45) is 5.92 Å². The first-order valence-corrected chi connectivity index (χ1v) is 11.1. The van der Waals surface area contributed by atoms with Crippen LogP contribution in [0.1, 0.15) is 53.7 Å². The van der Waals surface area contributed by atoms with E-state index in [1.54, 1.807) is 6.20 Å². The fourth-order valence-corrected chi connectivity index (χ4v) is 4.05. The first-order chi connectivity index (χ1) is 15.3. The minimum absolute atomic E-state index is 0.165. The van der Waals surface area contributed by atoms with E-state index >= 15 is 0 Å². The van der Waals surface area contributed by atoms with E-state index in [-0.39, 0.29) is 5.91 Å². The highest BCUT2D eigenvalue weighted by molar-refractivity contribution is 5.94. The van der Waals surface area contributed by atoms with E-state index in [1.807, 2.05) is 76.6 Å². The molecule has 0 saturated carbocycles. The van der Waals surface area contributed by atoms with Gasteiger partial charge in [0, 0.05) is 37.6 Å². The molecule has 160 valence electrons. The number of unbranched alkanes of at least 4 members (excludes halogenated alkanes) is 1. The van der Waals surface area contributed by atoms with Crippen LogP contribution in [0.2, 0.25) is 0 Å². The Hall–Kier alpha value is -3.28. The summed E-state index contributed by atoms with van der Waals surface area (Å²) in [6.07, 6.45) is 15.2. The molecule has 31 heavy (non-hydrogen) atoms. The normalized spacial score (nSPS) is 14.9. The molecule has 0 bridgehead atoms. The second-order valence-electron chi connectivity index (χ2n) is 8.12. The second-order valence-corrected chi connectivity index (χ2v) is 8.12. The minimum Gasteiger partial charge on any atom is -0.339 e. The Morgan fingerprint density at radius 2 is 1.87 bits per heavy atom. The van der Waals surface area contributed by atoms with E-state index in [1.165, 1.54) is 12.8 Å². The molecular weight excluding hydrogens is 386 g/mol. The van der Waals surface area contributed by atoms with Gasteiger partial charge in [-0.2, -0.15) is 0 Å². The minimum atomic E-state index is 0.165. The molecule has 3 heterocycles. The fraction of sp³-hybridized carbons (Fsp3) is 0.360. The zero-order valence-electron chi connectivity index (χ0n) is 17.8.